The number of benzene rings is 1. The van der Waals surface area contributed by atoms with E-state index in [1.807, 2.05) is 0 Å². The van der Waals surface area contributed by atoms with Gasteiger partial charge in [0.2, 0.25) is 5.91 Å². The van der Waals surface area contributed by atoms with Gasteiger partial charge in [0.1, 0.15) is 6.04 Å². The fourth-order valence-electron chi connectivity index (χ4n) is 2.64. The van der Waals surface area contributed by atoms with Crippen LogP contribution in [0.3, 0.4) is 0 Å². The molecule has 4 heteroatoms. The van der Waals surface area contributed by atoms with Gasteiger partial charge in [0.05, 0.1) is 0 Å². The maximum absolute atomic E-state index is 11.9. The van der Waals surface area contributed by atoms with Crippen molar-refractivity contribution in [1.29, 1.82) is 0 Å². The predicted octanol–water partition coefficient (Wildman–Crippen LogP) is 2.61. The Morgan fingerprint density at radius 1 is 1.20 bits per heavy atom. The van der Waals surface area contributed by atoms with Crippen LogP contribution in [0.4, 0.5) is 11.4 Å². The minimum Gasteiger partial charge on any atom is -0.374 e. The molecule has 2 rings (SSSR count). The molecule has 0 aliphatic carbocycles. The molecule has 1 fully saturated rings. The molecular weight excluding hydrogens is 250 g/mol. The van der Waals surface area contributed by atoms with Crippen LogP contribution in [-0.4, -0.2) is 31.6 Å². The molecule has 0 saturated carbocycles. The van der Waals surface area contributed by atoms with Crippen LogP contribution in [0.5, 0.6) is 0 Å². The molecule has 1 saturated heterocycles. The monoisotopic (exact) mass is 275 g/mol. The molecule has 0 aromatic heterocycles. The van der Waals surface area contributed by atoms with Crippen molar-refractivity contribution in [3.05, 3.63) is 24.3 Å². The molecule has 0 radical (unpaired) electrons. The second kappa shape index (κ2) is 7.17. The number of carbonyl (C=O) groups excluding carboxylic acids is 1. The minimum absolute atomic E-state index is 0.100. The maximum Gasteiger partial charge on any atom is 0.242 e. The van der Waals surface area contributed by atoms with Crippen LogP contribution in [-0.2, 0) is 4.79 Å². The van der Waals surface area contributed by atoms with Gasteiger partial charge in [-0.1, -0.05) is 0 Å². The zero-order chi connectivity index (χ0) is 14.4. The Labute approximate surface area is 121 Å². The van der Waals surface area contributed by atoms with Gasteiger partial charge < -0.3 is 15.5 Å². The van der Waals surface area contributed by atoms with Crippen molar-refractivity contribution >= 4 is 17.3 Å². The summed E-state index contributed by atoms with van der Waals surface area (Å²) in [6.45, 7) is 7.14. The van der Waals surface area contributed by atoms with E-state index < -0.39 is 0 Å². The van der Waals surface area contributed by atoms with Gasteiger partial charge in [0.15, 0.2) is 0 Å². The summed E-state index contributed by atoms with van der Waals surface area (Å²) < 4.78 is 0. The van der Waals surface area contributed by atoms with E-state index in [2.05, 4.69) is 53.6 Å². The lowest BCUT2D eigenvalue weighted by Gasteiger charge is -2.22. The van der Waals surface area contributed by atoms with Gasteiger partial charge in [-0.25, -0.2) is 0 Å². The van der Waals surface area contributed by atoms with E-state index in [-0.39, 0.29) is 11.9 Å². The van der Waals surface area contributed by atoms with Crippen molar-refractivity contribution < 1.29 is 4.79 Å². The van der Waals surface area contributed by atoms with E-state index in [0.717, 1.165) is 44.6 Å². The summed E-state index contributed by atoms with van der Waals surface area (Å²) in [5.41, 5.74) is 2.24. The van der Waals surface area contributed by atoms with Crippen LogP contribution in [0.1, 0.15) is 33.1 Å². The molecule has 1 amide bonds. The summed E-state index contributed by atoms with van der Waals surface area (Å²) in [7, 11) is 0. The number of hydrogen-bond donors (Lipinski definition) is 2. The SMILES string of the molecule is CCN(CC)c1ccc(NC2CCCCNC2=O)cc1. The zero-order valence-corrected chi connectivity index (χ0v) is 12.5. The number of hydrogen-bond acceptors (Lipinski definition) is 3. The van der Waals surface area contributed by atoms with E-state index >= 15 is 0 Å². The topological polar surface area (TPSA) is 44.4 Å². The molecule has 1 aromatic carbocycles. The molecule has 110 valence electrons. The van der Waals surface area contributed by atoms with Gasteiger partial charge in [-0.05, 0) is 57.4 Å². The van der Waals surface area contributed by atoms with Crippen molar-refractivity contribution in [3.63, 3.8) is 0 Å². The van der Waals surface area contributed by atoms with Gasteiger partial charge in [-0.2, -0.15) is 0 Å². The third kappa shape index (κ3) is 3.65. The molecule has 0 bridgehead atoms. The predicted molar refractivity (Wildman–Crippen MR) is 84.3 cm³/mol. The number of nitrogens with one attached hydrogen (secondary N) is 2. The van der Waals surface area contributed by atoms with Crippen molar-refractivity contribution in [3.8, 4) is 0 Å². The van der Waals surface area contributed by atoms with E-state index in [4.69, 9.17) is 0 Å². The van der Waals surface area contributed by atoms with Crippen LogP contribution in [0.2, 0.25) is 0 Å². The van der Waals surface area contributed by atoms with Gasteiger partial charge in [-0.3, -0.25) is 4.79 Å². The fraction of sp³-hybridized carbons (Fsp3) is 0.562. The second-order valence-electron chi connectivity index (χ2n) is 5.20. The van der Waals surface area contributed by atoms with Crippen molar-refractivity contribution in [2.24, 2.45) is 0 Å². The van der Waals surface area contributed by atoms with Crippen LogP contribution >= 0.6 is 0 Å². The second-order valence-corrected chi connectivity index (χ2v) is 5.20. The summed E-state index contributed by atoms with van der Waals surface area (Å²) in [4.78, 5) is 14.2. The van der Waals surface area contributed by atoms with Crippen LogP contribution in [0.25, 0.3) is 0 Å². The van der Waals surface area contributed by atoms with E-state index in [1.54, 1.807) is 0 Å². The highest BCUT2D eigenvalue weighted by Gasteiger charge is 2.20. The Morgan fingerprint density at radius 2 is 1.90 bits per heavy atom. The average molecular weight is 275 g/mol. The number of anilines is 2. The molecule has 1 aliphatic heterocycles. The van der Waals surface area contributed by atoms with Crippen LogP contribution < -0.4 is 15.5 Å². The molecule has 1 aliphatic rings. The first-order chi connectivity index (χ1) is 9.74. The van der Waals surface area contributed by atoms with E-state index in [1.165, 1.54) is 5.69 Å². The molecule has 1 atom stereocenters. The van der Waals surface area contributed by atoms with Crippen molar-refractivity contribution in [2.75, 3.05) is 29.9 Å². The number of carbonyl (C=O) groups is 1. The zero-order valence-electron chi connectivity index (χ0n) is 12.5. The Balaban J connectivity index is 2.01. The lowest BCUT2D eigenvalue weighted by atomic mass is 10.1. The van der Waals surface area contributed by atoms with Gasteiger partial charge in [-0.15, -0.1) is 0 Å². The van der Waals surface area contributed by atoms with E-state index in [0.29, 0.717) is 0 Å². The molecule has 1 aromatic rings. The first kappa shape index (κ1) is 14.7. The molecule has 1 heterocycles. The minimum atomic E-state index is -0.100. The summed E-state index contributed by atoms with van der Waals surface area (Å²) in [6.07, 6.45) is 3.07. The first-order valence-corrected chi connectivity index (χ1v) is 7.63. The van der Waals surface area contributed by atoms with Crippen LogP contribution in [0.15, 0.2) is 24.3 Å². The number of rotatable bonds is 5. The lowest BCUT2D eigenvalue weighted by molar-refractivity contribution is -0.121. The molecular formula is C16H25N3O. The highest BCUT2D eigenvalue weighted by atomic mass is 16.2. The Bertz CT molecular complexity index is 426. The Hall–Kier alpha value is -1.71. The normalized spacial score (nSPS) is 19.1. The molecule has 1 unspecified atom stereocenters. The molecule has 0 spiro atoms. The standard InChI is InChI=1S/C16H25N3O/c1-3-19(4-2)14-10-8-13(9-11-14)18-15-7-5-6-12-17-16(15)20/h8-11,15,18H,3-7,12H2,1-2H3,(H,17,20). The van der Waals surface area contributed by atoms with Gasteiger partial charge >= 0.3 is 0 Å². The largest absolute Gasteiger partial charge is 0.374 e. The summed E-state index contributed by atoms with van der Waals surface area (Å²) >= 11 is 0. The van der Waals surface area contributed by atoms with Crippen LogP contribution in [0, 0.1) is 0 Å². The maximum atomic E-state index is 11.9. The average Bonchev–Trinajstić information content (AvgIpc) is 2.67. The fourth-order valence-corrected chi connectivity index (χ4v) is 2.64. The smallest absolute Gasteiger partial charge is 0.242 e. The Kier molecular flexibility index (Phi) is 5.27. The summed E-state index contributed by atoms with van der Waals surface area (Å²) in [5, 5.41) is 6.30. The summed E-state index contributed by atoms with van der Waals surface area (Å²) in [5.74, 6) is 0.121. The molecule has 2 N–H and O–H groups in total. The third-order valence-corrected chi connectivity index (χ3v) is 3.87. The lowest BCUT2D eigenvalue weighted by Crippen LogP contribution is -2.37. The third-order valence-electron chi connectivity index (χ3n) is 3.87. The van der Waals surface area contributed by atoms with E-state index in [9.17, 15) is 4.79 Å². The highest BCUT2D eigenvalue weighted by Crippen LogP contribution is 2.19. The van der Waals surface area contributed by atoms with Gasteiger partial charge in [0, 0.05) is 31.0 Å². The molecule has 20 heavy (non-hydrogen) atoms. The Morgan fingerprint density at radius 3 is 2.55 bits per heavy atom. The van der Waals surface area contributed by atoms with Crippen molar-refractivity contribution in [2.45, 2.75) is 39.2 Å². The summed E-state index contributed by atoms with van der Waals surface area (Å²) in [6, 6.07) is 8.25. The molecule has 4 nitrogen and oxygen atoms in total. The number of nitrogens with zero attached hydrogens (tertiary/aromatic N) is 1. The number of amides is 1. The first-order valence-electron chi connectivity index (χ1n) is 7.63. The highest BCUT2D eigenvalue weighted by molar-refractivity contribution is 5.84. The quantitative estimate of drug-likeness (QED) is 0.868. The van der Waals surface area contributed by atoms with Crippen molar-refractivity contribution in [1.82, 2.24) is 5.32 Å². The van der Waals surface area contributed by atoms with Gasteiger partial charge in [0.25, 0.3) is 0 Å².